The summed E-state index contributed by atoms with van der Waals surface area (Å²) in [7, 11) is -4.77. The highest BCUT2D eigenvalue weighted by Gasteiger charge is 2.44. The van der Waals surface area contributed by atoms with Crippen LogP contribution in [0, 0.1) is 11.3 Å². The van der Waals surface area contributed by atoms with E-state index in [1.165, 1.54) is 29.2 Å². The van der Waals surface area contributed by atoms with Crippen LogP contribution < -0.4 is 0 Å². The molecule has 17 heteroatoms. The van der Waals surface area contributed by atoms with Crippen LogP contribution >= 0.6 is 0 Å². The van der Waals surface area contributed by atoms with Crippen molar-refractivity contribution in [3.05, 3.63) is 60.8 Å². The number of carbonyl (C=O) groups excluding carboxylic acids is 1. The fraction of sp³-hybridized carbons (Fsp3) is 0.346. The molecule has 1 fully saturated rings. The van der Waals surface area contributed by atoms with Gasteiger partial charge in [-0.3, -0.25) is 9.58 Å². The molecule has 1 atom stereocenters. The number of sulfonamides is 1. The Morgan fingerprint density at radius 1 is 1.23 bits per heavy atom. The number of nitriles is 1. The number of rotatable bonds is 10. The van der Waals surface area contributed by atoms with E-state index in [1.807, 2.05) is 0 Å². The van der Waals surface area contributed by atoms with Gasteiger partial charge in [-0.1, -0.05) is 12.1 Å². The number of nitrogens with one attached hydrogen (secondary N) is 1. The third kappa shape index (κ3) is 6.67. The summed E-state index contributed by atoms with van der Waals surface area (Å²) < 4.78 is 73.1. The lowest BCUT2D eigenvalue weighted by atomic mass is 10.0. The van der Waals surface area contributed by atoms with E-state index >= 15 is 0 Å². The van der Waals surface area contributed by atoms with Crippen molar-refractivity contribution in [1.29, 1.82) is 5.26 Å². The molecule has 226 valence electrons. The fourth-order valence-electron chi connectivity index (χ4n) is 4.59. The number of hydrogen-bond donors (Lipinski definition) is 1. The highest BCUT2D eigenvalue weighted by atomic mass is 32.2. The number of hydroxylamine groups is 1. The van der Waals surface area contributed by atoms with Crippen LogP contribution in [0.3, 0.4) is 0 Å². The van der Waals surface area contributed by atoms with Crippen molar-refractivity contribution in [2.24, 2.45) is 0 Å². The smallest absolute Gasteiger partial charge is 0.379 e. The van der Waals surface area contributed by atoms with E-state index < -0.39 is 39.7 Å². The van der Waals surface area contributed by atoms with Gasteiger partial charge in [0.2, 0.25) is 0 Å². The van der Waals surface area contributed by atoms with E-state index in [1.54, 1.807) is 35.6 Å². The molecule has 0 saturated carbocycles. The lowest BCUT2D eigenvalue weighted by Gasteiger charge is -2.29. The molecule has 1 unspecified atom stereocenters. The maximum atomic E-state index is 13.6. The maximum Gasteiger partial charge on any atom is 0.492 e. The number of hydrogen-bond acceptors (Lipinski definition) is 10. The van der Waals surface area contributed by atoms with Gasteiger partial charge in [0.05, 0.1) is 55.1 Å². The van der Waals surface area contributed by atoms with Crippen molar-refractivity contribution >= 4 is 27.0 Å². The van der Waals surface area contributed by atoms with Crippen LogP contribution in [0.15, 0.2) is 60.1 Å². The Labute approximate surface area is 243 Å². The number of morpholine rings is 1. The highest BCUT2D eigenvalue weighted by molar-refractivity contribution is 7.89. The van der Waals surface area contributed by atoms with E-state index in [0.29, 0.717) is 48.8 Å². The van der Waals surface area contributed by atoms with Crippen molar-refractivity contribution < 1.29 is 36.0 Å². The number of H-pyrrole nitrogens is 1. The molecular weight excluding hydrogens is 593 g/mol. The topological polar surface area (TPSA) is 159 Å². The van der Waals surface area contributed by atoms with Crippen molar-refractivity contribution in [1.82, 2.24) is 34.1 Å². The predicted octanol–water partition coefficient (Wildman–Crippen LogP) is 2.67. The molecule has 0 bridgehead atoms. The minimum atomic E-state index is -5.42. The van der Waals surface area contributed by atoms with Crippen LogP contribution in [0.4, 0.5) is 13.2 Å². The first-order chi connectivity index (χ1) is 20.6. The molecule has 13 nitrogen and oxygen atoms in total. The summed E-state index contributed by atoms with van der Waals surface area (Å²) in [5, 5.41) is 14.7. The minimum Gasteiger partial charge on any atom is -0.379 e. The monoisotopic (exact) mass is 618 g/mol. The highest BCUT2D eigenvalue weighted by Crippen LogP contribution is 2.30. The number of carbonyl (C=O) groups is 1. The van der Waals surface area contributed by atoms with Gasteiger partial charge < -0.3 is 14.6 Å². The van der Waals surface area contributed by atoms with Gasteiger partial charge in [-0.15, -0.1) is 0 Å². The van der Waals surface area contributed by atoms with Gasteiger partial charge in [0.1, 0.15) is 12.0 Å². The molecule has 0 amide bonds. The number of alkyl halides is 3. The normalized spacial score (nSPS) is 15.4. The number of aromatic amines is 1. The third-order valence-electron chi connectivity index (χ3n) is 6.76. The predicted molar refractivity (Wildman–Crippen MR) is 143 cm³/mol. The second-order valence-electron chi connectivity index (χ2n) is 9.48. The van der Waals surface area contributed by atoms with Crippen LogP contribution in [0.25, 0.3) is 22.3 Å². The van der Waals surface area contributed by atoms with Crippen LogP contribution in [0.1, 0.15) is 18.0 Å². The van der Waals surface area contributed by atoms with Crippen molar-refractivity contribution in [3.63, 3.8) is 0 Å². The average molecular weight is 619 g/mol. The van der Waals surface area contributed by atoms with Gasteiger partial charge in [-0.25, -0.2) is 23.2 Å². The molecule has 3 aromatic heterocycles. The Bertz CT molecular complexity index is 1740. The summed E-state index contributed by atoms with van der Waals surface area (Å²) in [5.74, 6) is -2.66. The Balaban J connectivity index is 1.45. The van der Waals surface area contributed by atoms with Gasteiger partial charge in [-0.05, 0) is 28.2 Å². The molecule has 4 aromatic rings. The Hall–Kier alpha value is -4.37. The van der Waals surface area contributed by atoms with Gasteiger partial charge in [0, 0.05) is 43.0 Å². The van der Waals surface area contributed by atoms with Gasteiger partial charge in [0.25, 0.3) is 10.0 Å². The molecule has 0 aliphatic carbocycles. The van der Waals surface area contributed by atoms with Gasteiger partial charge in [0.15, 0.2) is 0 Å². The first-order valence-electron chi connectivity index (χ1n) is 13.0. The van der Waals surface area contributed by atoms with Crippen LogP contribution in [-0.2, 0) is 24.4 Å². The van der Waals surface area contributed by atoms with Gasteiger partial charge >= 0.3 is 12.1 Å². The number of aromatic nitrogens is 5. The molecule has 1 saturated heterocycles. The molecule has 4 heterocycles. The lowest BCUT2D eigenvalue weighted by molar-refractivity contribution is -0.223. The largest absolute Gasteiger partial charge is 0.492 e. The van der Waals surface area contributed by atoms with Crippen molar-refractivity contribution in [3.8, 4) is 17.3 Å². The summed E-state index contributed by atoms with van der Waals surface area (Å²) in [5.41, 5.74) is 2.16. The number of fused-ring (bicyclic) bond motifs is 1. The molecule has 1 aromatic carbocycles. The van der Waals surface area contributed by atoms with E-state index in [-0.39, 0.29) is 17.4 Å². The molecule has 1 aliphatic heterocycles. The van der Waals surface area contributed by atoms with Crippen molar-refractivity contribution in [2.45, 2.75) is 23.5 Å². The summed E-state index contributed by atoms with van der Waals surface area (Å²) in [6, 6.07) is 8.44. The van der Waals surface area contributed by atoms with E-state index in [2.05, 4.69) is 31.0 Å². The molecule has 43 heavy (non-hydrogen) atoms. The minimum absolute atomic E-state index is 0.00199. The zero-order valence-corrected chi connectivity index (χ0v) is 23.3. The van der Waals surface area contributed by atoms with Crippen LogP contribution in [0.5, 0.6) is 0 Å². The Morgan fingerprint density at radius 2 is 2.02 bits per heavy atom. The standard InChI is InChI=1S/C26H25F3N8O5S/c27-26(28,29)25(38)42-37(9-8-35-10-12-41-13-11-35)43(39,40)20-3-1-2-18(14-20)22(4-6-30)36-16-19(15-34-36)23-21-5-7-31-24(21)33-17-32-23/h1-3,5,7,14-17,22H,4,8-13H2,(H,31,32,33). The quantitative estimate of drug-likeness (QED) is 0.262. The molecule has 0 spiro atoms. The summed E-state index contributed by atoms with van der Waals surface area (Å²) in [6.45, 7) is 1.06. The molecule has 5 rings (SSSR count). The Kier molecular flexibility index (Phi) is 8.73. The summed E-state index contributed by atoms with van der Waals surface area (Å²) >= 11 is 0. The fourth-order valence-corrected chi connectivity index (χ4v) is 5.85. The molecular formula is C26H25F3N8O5S. The van der Waals surface area contributed by atoms with Crippen LogP contribution in [0.2, 0.25) is 0 Å². The van der Waals surface area contributed by atoms with Crippen molar-refractivity contribution in [2.75, 3.05) is 39.4 Å². The second-order valence-corrected chi connectivity index (χ2v) is 11.3. The summed E-state index contributed by atoms with van der Waals surface area (Å²) in [6.07, 6.45) is 0.774. The molecule has 1 aliphatic rings. The zero-order valence-electron chi connectivity index (χ0n) is 22.4. The number of ether oxygens (including phenoxy) is 1. The number of halogens is 3. The zero-order chi connectivity index (χ0) is 30.6. The first-order valence-corrected chi connectivity index (χ1v) is 14.4. The van der Waals surface area contributed by atoms with Crippen LogP contribution in [-0.4, -0.2) is 94.1 Å². The molecule has 1 N–H and O–H groups in total. The lowest BCUT2D eigenvalue weighted by Crippen LogP contribution is -2.45. The maximum absolute atomic E-state index is 13.6. The van der Waals surface area contributed by atoms with E-state index in [9.17, 15) is 31.6 Å². The van der Waals surface area contributed by atoms with E-state index in [4.69, 9.17) is 4.74 Å². The summed E-state index contributed by atoms with van der Waals surface area (Å²) in [4.78, 5) is 28.9. The van der Waals surface area contributed by atoms with E-state index in [0.717, 1.165) is 5.39 Å². The number of nitrogens with zero attached hydrogens (tertiary/aromatic N) is 7. The van der Waals surface area contributed by atoms with Gasteiger partial charge in [-0.2, -0.15) is 23.5 Å². The second kappa shape index (κ2) is 12.5. The number of benzene rings is 1. The third-order valence-corrected chi connectivity index (χ3v) is 8.40. The SMILES string of the molecule is N#CCC(c1cccc(S(=O)(=O)N(CCN2CCOCC2)OC(=O)C(F)(F)F)c1)n1cc(-c2ncnc3[nH]ccc23)cn1. The Morgan fingerprint density at radius 3 is 2.77 bits per heavy atom. The molecule has 0 radical (unpaired) electrons. The first kappa shape index (κ1) is 30.1. The average Bonchev–Trinajstić information content (AvgIpc) is 3.68.